The highest BCUT2D eigenvalue weighted by molar-refractivity contribution is 7.80. The maximum atomic E-state index is 9.95. The molecule has 3 N–H and O–H groups in total. The van der Waals surface area contributed by atoms with Gasteiger partial charge < -0.3 is 15.2 Å². The van der Waals surface area contributed by atoms with E-state index in [9.17, 15) is 5.11 Å². The van der Waals surface area contributed by atoms with E-state index in [-0.39, 0.29) is 11.4 Å². The fourth-order valence-electron chi connectivity index (χ4n) is 4.18. The van der Waals surface area contributed by atoms with Gasteiger partial charge in [-0.3, -0.25) is 5.43 Å². The van der Waals surface area contributed by atoms with Crippen LogP contribution >= 0.6 is 12.2 Å². The third-order valence-electron chi connectivity index (χ3n) is 5.77. The molecular formula is C23H27N3O2S. The number of hydrogen-bond acceptors (Lipinski definition) is 4. The monoisotopic (exact) mass is 409 g/mol. The van der Waals surface area contributed by atoms with Crippen LogP contribution in [0.3, 0.4) is 0 Å². The molecule has 2 aromatic carbocycles. The second-order valence-corrected chi connectivity index (χ2v) is 8.29. The van der Waals surface area contributed by atoms with Gasteiger partial charge in [-0.1, -0.05) is 25.5 Å². The van der Waals surface area contributed by atoms with Crippen molar-refractivity contribution in [2.24, 2.45) is 5.10 Å². The number of benzene rings is 2. The molecule has 1 heterocycles. The van der Waals surface area contributed by atoms with Gasteiger partial charge in [-0.15, -0.1) is 0 Å². The Labute approximate surface area is 177 Å². The summed E-state index contributed by atoms with van der Waals surface area (Å²) in [5.41, 5.74) is 6.68. The Balaban J connectivity index is 1.52. The number of nitrogens with one attached hydrogen (secondary N) is 2. The molecule has 0 radical (unpaired) electrons. The van der Waals surface area contributed by atoms with Crippen LogP contribution < -0.4 is 15.5 Å². The van der Waals surface area contributed by atoms with Gasteiger partial charge in [0.05, 0.1) is 5.71 Å². The van der Waals surface area contributed by atoms with Gasteiger partial charge in [0.2, 0.25) is 0 Å². The lowest BCUT2D eigenvalue weighted by atomic mass is 9.78. The summed E-state index contributed by atoms with van der Waals surface area (Å²) in [6.45, 7) is 2.13. The van der Waals surface area contributed by atoms with Gasteiger partial charge in [-0.25, -0.2) is 0 Å². The van der Waals surface area contributed by atoms with E-state index in [0.29, 0.717) is 11.5 Å². The van der Waals surface area contributed by atoms with E-state index in [1.54, 1.807) is 12.1 Å². The van der Waals surface area contributed by atoms with Crippen molar-refractivity contribution in [1.82, 2.24) is 5.43 Å². The number of phenols is 1. The van der Waals surface area contributed by atoms with Gasteiger partial charge in [0.1, 0.15) is 17.1 Å². The third-order valence-corrected chi connectivity index (χ3v) is 5.96. The SMILES string of the molecule is CCc1ccc(NC(=S)N/N=C2/CC3(CCCCC3)Oc3ccc(O)cc32)cc1. The standard InChI is InChI=1S/C23H27N3O2S/c1-2-16-6-8-17(9-7-16)24-22(29)26-25-20-15-23(12-4-3-5-13-23)28-21-11-10-18(27)14-19(20)21/h6-11,14,27H,2-5,12-13,15H2,1H3,(H2,24,26,29)/b25-20-. The fourth-order valence-corrected chi connectivity index (χ4v) is 4.34. The summed E-state index contributed by atoms with van der Waals surface area (Å²) in [4.78, 5) is 0. The number of anilines is 1. The van der Waals surface area contributed by atoms with Crippen LogP contribution in [0.25, 0.3) is 0 Å². The van der Waals surface area contributed by atoms with Gasteiger partial charge in [-0.05, 0) is 80.2 Å². The second-order valence-electron chi connectivity index (χ2n) is 7.88. The molecule has 0 unspecified atom stereocenters. The van der Waals surface area contributed by atoms with E-state index >= 15 is 0 Å². The highest BCUT2D eigenvalue weighted by Gasteiger charge is 2.40. The predicted octanol–water partition coefficient (Wildman–Crippen LogP) is 5.13. The summed E-state index contributed by atoms with van der Waals surface area (Å²) in [6, 6.07) is 13.4. The predicted molar refractivity (Wildman–Crippen MR) is 121 cm³/mol. The van der Waals surface area contributed by atoms with E-state index in [1.807, 2.05) is 18.2 Å². The number of aryl methyl sites for hydroxylation is 1. The van der Waals surface area contributed by atoms with Crippen molar-refractivity contribution in [1.29, 1.82) is 0 Å². The first kappa shape index (κ1) is 19.7. The summed E-state index contributed by atoms with van der Waals surface area (Å²) in [5.74, 6) is 0.988. The third kappa shape index (κ3) is 4.53. The van der Waals surface area contributed by atoms with Gasteiger partial charge in [0.15, 0.2) is 5.11 Å². The van der Waals surface area contributed by atoms with Crippen molar-refractivity contribution in [3.8, 4) is 11.5 Å². The Morgan fingerprint density at radius 3 is 2.62 bits per heavy atom. The number of hydrazone groups is 1. The van der Waals surface area contributed by atoms with Crippen LogP contribution in [-0.4, -0.2) is 21.5 Å². The number of phenolic OH excluding ortho intramolecular Hbond substituents is 1. The van der Waals surface area contributed by atoms with Crippen molar-refractivity contribution >= 4 is 28.7 Å². The van der Waals surface area contributed by atoms with Gasteiger partial charge >= 0.3 is 0 Å². The maximum absolute atomic E-state index is 9.95. The Bertz CT molecular complexity index is 918. The lowest BCUT2D eigenvalue weighted by Crippen LogP contribution is -2.44. The number of ether oxygens (including phenoxy) is 1. The summed E-state index contributed by atoms with van der Waals surface area (Å²) in [7, 11) is 0. The van der Waals surface area contributed by atoms with Gasteiger partial charge in [0, 0.05) is 17.7 Å². The molecule has 6 heteroatoms. The van der Waals surface area contributed by atoms with Crippen molar-refractivity contribution in [2.45, 2.75) is 57.5 Å². The topological polar surface area (TPSA) is 65.9 Å². The molecule has 0 atom stereocenters. The molecule has 1 aliphatic heterocycles. The minimum atomic E-state index is -0.201. The largest absolute Gasteiger partial charge is 0.508 e. The minimum Gasteiger partial charge on any atom is -0.508 e. The summed E-state index contributed by atoms with van der Waals surface area (Å²) >= 11 is 5.43. The molecule has 5 nitrogen and oxygen atoms in total. The Kier molecular flexibility index (Phi) is 5.72. The Morgan fingerprint density at radius 1 is 1.14 bits per heavy atom. The molecule has 1 fully saturated rings. The first-order chi connectivity index (χ1) is 14.1. The van der Waals surface area contributed by atoms with Gasteiger partial charge in [0.25, 0.3) is 0 Å². The summed E-state index contributed by atoms with van der Waals surface area (Å²) < 4.78 is 6.40. The number of thiocarbonyl (C=S) groups is 1. The normalized spacial score (nSPS) is 18.7. The van der Waals surface area contributed by atoms with E-state index in [4.69, 9.17) is 17.0 Å². The highest BCUT2D eigenvalue weighted by atomic mass is 32.1. The van der Waals surface area contributed by atoms with Crippen LogP contribution in [0, 0.1) is 0 Å². The molecule has 2 aliphatic rings. The average Bonchev–Trinajstić information content (AvgIpc) is 2.73. The molecule has 1 saturated carbocycles. The van der Waals surface area contributed by atoms with Crippen molar-refractivity contribution < 1.29 is 9.84 Å². The number of fused-ring (bicyclic) bond motifs is 1. The van der Waals surface area contributed by atoms with E-state index in [1.165, 1.54) is 24.8 Å². The van der Waals surface area contributed by atoms with Crippen LogP contribution in [0.2, 0.25) is 0 Å². The zero-order chi connectivity index (χ0) is 20.3. The first-order valence-electron chi connectivity index (χ1n) is 10.3. The highest BCUT2D eigenvalue weighted by Crippen LogP contribution is 2.42. The van der Waals surface area contributed by atoms with Crippen molar-refractivity contribution in [2.75, 3.05) is 5.32 Å². The van der Waals surface area contributed by atoms with Crippen LogP contribution in [0.15, 0.2) is 47.6 Å². The number of hydrogen-bond donors (Lipinski definition) is 3. The van der Waals surface area contributed by atoms with Crippen LogP contribution in [0.5, 0.6) is 11.5 Å². The molecule has 1 aliphatic carbocycles. The van der Waals surface area contributed by atoms with Crippen molar-refractivity contribution in [3.05, 3.63) is 53.6 Å². The number of aromatic hydroxyl groups is 1. The molecule has 0 bridgehead atoms. The van der Waals surface area contributed by atoms with Crippen LogP contribution in [0.1, 0.15) is 56.6 Å². The molecule has 29 heavy (non-hydrogen) atoms. The molecule has 4 rings (SSSR count). The van der Waals surface area contributed by atoms with E-state index in [0.717, 1.165) is 42.0 Å². The Morgan fingerprint density at radius 2 is 1.90 bits per heavy atom. The van der Waals surface area contributed by atoms with Gasteiger partial charge in [-0.2, -0.15) is 5.10 Å². The zero-order valence-electron chi connectivity index (χ0n) is 16.7. The molecule has 152 valence electrons. The molecule has 2 aromatic rings. The van der Waals surface area contributed by atoms with Crippen LogP contribution in [-0.2, 0) is 6.42 Å². The van der Waals surface area contributed by atoms with E-state index < -0.39 is 0 Å². The maximum Gasteiger partial charge on any atom is 0.191 e. The smallest absolute Gasteiger partial charge is 0.191 e. The van der Waals surface area contributed by atoms with Crippen molar-refractivity contribution in [3.63, 3.8) is 0 Å². The second kappa shape index (κ2) is 8.41. The molecular weight excluding hydrogens is 382 g/mol. The fraction of sp³-hybridized carbons (Fsp3) is 0.391. The molecule has 0 saturated heterocycles. The Hall–Kier alpha value is -2.60. The first-order valence-corrected chi connectivity index (χ1v) is 10.7. The lowest BCUT2D eigenvalue weighted by Gasteiger charge is -2.41. The minimum absolute atomic E-state index is 0.201. The van der Waals surface area contributed by atoms with E-state index in [2.05, 4.69) is 34.9 Å². The molecule has 0 amide bonds. The quantitative estimate of drug-likeness (QED) is 0.484. The zero-order valence-corrected chi connectivity index (χ0v) is 17.5. The number of nitrogens with zero attached hydrogens (tertiary/aromatic N) is 1. The lowest BCUT2D eigenvalue weighted by molar-refractivity contribution is 0.0320. The van der Waals surface area contributed by atoms with Crippen LogP contribution in [0.4, 0.5) is 5.69 Å². The molecule has 0 aromatic heterocycles. The average molecular weight is 410 g/mol. The number of rotatable bonds is 3. The summed E-state index contributed by atoms with van der Waals surface area (Å²) in [5, 5.41) is 18.2. The molecule has 1 spiro atoms. The summed E-state index contributed by atoms with van der Waals surface area (Å²) in [6.07, 6.45) is 7.36.